The lowest BCUT2D eigenvalue weighted by molar-refractivity contribution is 0.0764. The molecule has 2 aromatic heterocycles. The van der Waals surface area contributed by atoms with Crippen molar-refractivity contribution < 1.29 is 9.90 Å². The Balaban J connectivity index is 1.34. The highest BCUT2D eigenvalue weighted by Crippen LogP contribution is 2.26. The second-order valence-corrected chi connectivity index (χ2v) is 7.73. The summed E-state index contributed by atoms with van der Waals surface area (Å²) in [5.41, 5.74) is 3.54. The number of likely N-dealkylation sites (tertiary alicyclic amines) is 1. The lowest BCUT2D eigenvalue weighted by Crippen LogP contribution is -2.29. The van der Waals surface area contributed by atoms with Crippen molar-refractivity contribution in [1.82, 2.24) is 19.7 Å². The summed E-state index contributed by atoms with van der Waals surface area (Å²) in [4.78, 5) is 19.3. The molecule has 1 fully saturated rings. The van der Waals surface area contributed by atoms with E-state index in [0.29, 0.717) is 25.1 Å². The van der Waals surface area contributed by atoms with E-state index in [1.54, 1.807) is 15.8 Å². The summed E-state index contributed by atoms with van der Waals surface area (Å²) in [6, 6.07) is 19.3. The molecule has 2 atom stereocenters. The Bertz CT molecular complexity index is 1180. The van der Waals surface area contributed by atoms with E-state index >= 15 is 0 Å². The van der Waals surface area contributed by atoms with Gasteiger partial charge in [0.1, 0.15) is 0 Å². The number of hydrogen-bond acceptors (Lipinski definition) is 4. The fourth-order valence-corrected chi connectivity index (χ4v) is 4.22. The van der Waals surface area contributed by atoms with Crippen LogP contribution in [-0.4, -0.2) is 49.9 Å². The van der Waals surface area contributed by atoms with Gasteiger partial charge in [0.05, 0.1) is 17.3 Å². The zero-order chi connectivity index (χ0) is 20.5. The van der Waals surface area contributed by atoms with Crippen LogP contribution in [0, 0.1) is 5.92 Å². The summed E-state index contributed by atoms with van der Waals surface area (Å²) in [6.45, 7) is 0.876. The maximum Gasteiger partial charge on any atom is 0.254 e. The van der Waals surface area contributed by atoms with Gasteiger partial charge in [-0.05, 0) is 48.4 Å². The minimum atomic E-state index is -0.546. The number of pyridine rings is 1. The molecule has 5 rings (SSSR count). The van der Waals surface area contributed by atoms with Gasteiger partial charge in [-0.25, -0.2) is 4.68 Å². The van der Waals surface area contributed by atoms with E-state index in [1.165, 1.54) is 0 Å². The SMILES string of the molecule is O=C(c1cccc(-n2cccn2)c1)N1C[C@@H](Cc2ccnc3ccccc23)[C@@H](O)C1. The number of fused-ring (bicyclic) bond motifs is 1. The monoisotopic (exact) mass is 398 g/mol. The molecule has 6 heteroatoms. The molecule has 30 heavy (non-hydrogen) atoms. The number of aliphatic hydroxyl groups excluding tert-OH is 1. The molecule has 1 saturated heterocycles. The van der Waals surface area contributed by atoms with Gasteiger partial charge in [0, 0.05) is 48.5 Å². The molecule has 1 aliphatic heterocycles. The standard InChI is InChI=1S/C24H22N4O2/c29-23-16-27(24(30)18-5-3-6-20(14-18)28-12-4-10-26-28)15-19(23)13-17-9-11-25-22-8-2-1-7-21(17)22/h1-12,14,19,23,29H,13,15-16H2/t19-,23+/m1/s1. The normalized spacial score (nSPS) is 18.8. The first-order valence-electron chi connectivity index (χ1n) is 10.1. The first-order valence-corrected chi connectivity index (χ1v) is 10.1. The van der Waals surface area contributed by atoms with Gasteiger partial charge in [-0.1, -0.05) is 24.3 Å². The van der Waals surface area contributed by atoms with Crippen LogP contribution in [0.2, 0.25) is 0 Å². The summed E-state index contributed by atoms with van der Waals surface area (Å²) < 4.78 is 1.73. The number of para-hydroxylation sites is 1. The number of benzene rings is 2. The fraction of sp³-hybridized carbons (Fsp3) is 0.208. The molecule has 150 valence electrons. The van der Waals surface area contributed by atoms with Crippen LogP contribution in [0.5, 0.6) is 0 Å². The second kappa shape index (κ2) is 7.72. The van der Waals surface area contributed by atoms with Crippen LogP contribution in [0.3, 0.4) is 0 Å². The van der Waals surface area contributed by atoms with Crippen LogP contribution < -0.4 is 0 Å². The van der Waals surface area contributed by atoms with Crippen molar-refractivity contribution in [3.05, 3.63) is 90.4 Å². The molecule has 0 aliphatic carbocycles. The van der Waals surface area contributed by atoms with Crippen LogP contribution >= 0.6 is 0 Å². The third-order valence-corrected chi connectivity index (χ3v) is 5.78. The Morgan fingerprint density at radius 3 is 2.80 bits per heavy atom. The lowest BCUT2D eigenvalue weighted by Gasteiger charge is -2.17. The first-order chi connectivity index (χ1) is 14.7. The van der Waals surface area contributed by atoms with E-state index in [-0.39, 0.29) is 11.8 Å². The largest absolute Gasteiger partial charge is 0.391 e. The summed E-state index contributed by atoms with van der Waals surface area (Å²) in [7, 11) is 0. The lowest BCUT2D eigenvalue weighted by atomic mass is 9.94. The van der Waals surface area contributed by atoms with Crippen molar-refractivity contribution in [3.63, 3.8) is 0 Å². The molecule has 1 aliphatic rings. The van der Waals surface area contributed by atoms with Gasteiger partial charge in [0.25, 0.3) is 5.91 Å². The van der Waals surface area contributed by atoms with Crippen molar-refractivity contribution in [2.24, 2.45) is 5.92 Å². The molecule has 4 aromatic rings. The Hall–Kier alpha value is -3.51. The van der Waals surface area contributed by atoms with Crippen molar-refractivity contribution >= 4 is 16.8 Å². The molecule has 3 heterocycles. The highest BCUT2D eigenvalue weighted by Gasteiger charge is 2.34. The summed E-state index contributed by atoms with van der Waals surface area (Å²) >= 11 is 0. The Morgan fingerprint density at radius 1 is 1.03 bits per heavy atom. The van der Waals surface area contributed by atoms with Gasteiger partial charge in [0.15, 0.2) is 0 Å². The summed E-state index contributed by atoms with van der Waals surface area (Å²) in [5.74, 6) is -0.0702. The predicted molar refractivity (Wildman–Crippen MR) is 114 cm³/mol. The molecular weight excluding hydrogens is 376 g/mol. The minimum Gasteiger partial charge on any atom is -0.391 e. The van der Waals surface area contributed by atoms with E-state index in [1.807, 2.05) is 67.0 Å². The van der Waals surface area contributed by atoms with Crippen LogP contribution in [0.4, 0.5) is 0 Å². The molecule has 0 radical (unpaired) electrons. The van der Waals surface area contributed by atoms with Crippen LogP contribution in [0.25, 0.3) is 16.6 Å². The van der Waals surface area contributed by atoms with Crippen molar-refractivity contribution in [1.29, 1.82) is 0 Å². The van der Waals surface area contributed by atoms with Gasteiger partial charge in [-0.3, -0.25) is 9.78 Å². The minimum absolute atomic E-state index is 0.00551. The topological polar surface area (TPSA) is 71.2 Å². The van der Waals surface area contributed by atoms with E-state index in [2.05, 4.69) is 16.1 Å². The van der Waals surface area contributed by atoms with Gasteiger partial charge in [-0.15, -0.1) is 0 Å². The molecule has 6 nitrogen and oxygen atoms in total. The number of aliphatic hydroxyl groups is 1. The molecule has 1 amide bonds. The molecule has 0 bridgehead atoms. The zero-order valence-corrected chi connectivity index (χ0v) is 16.4. The Morgan fingerprint density at radius 2 is 1.93 bits per heavy atom. The van der Waals surface area contributed by atoms with Crippen LogP contribution in [0.15, 0.2) is 79.3 Å². The highest BCUT2D eigenvalue weighted by atomic mass is 16.3. The summed E-state index contributed by atoms with van der Waals surface area (Å²) in [5, 5.41) is 16.0. The Labute approximate surface area is 174 Å². The van der Waals surface area contributed by atoms with Gasteiger partial charge in [-0.2, -0.15) is 5.10 Å². The van der Waals surface area contributed by atoms with Crippen molar-refractivity contribution in [2.75, 3.05) is 13.1 Å². The zero-order valence-electron chi connectivity index (χ0n) is 16.4. The van der Waals surface area contributed by atoms with Crippen molar-refractivity contribution in [3.8, 4) is 5.69 Å². The number of nitrogens with zero attached hydrogens (tertiary/aromatic N) is 4. The number of carbonyl (C=O) groups excluding carboxylic acids is 1. The van der Waals surface area contributed by atoms with E-state index < -0.39 is 6.10 Å². The maximum atomic E-state index is 13.1. The number of β-amino-alcohol motifs (C(OH)–C–C–N with tert-alkyl or cyclic N) is 1. The Kier molecular flexibility index (Phi) is 4.77. The summed E-state index contributed by atoms with van der Waals surface area (Å²) in [6.07, 6.45) is 5.52. The number of carbonyl (C=O) groups is 1. The smallest absolute Gasteiger partial charge is 0.254 e. The third-order valence-electron chi connectivity index (χ3n) is 5.78. The van der Waals surface area contributed by atoms with E-state index in [4.69, 9.17) is 0 Å². The molecule has 2 aromatic carbocycles. The first kappa shape index (κ1) is 18.5. The molecule has 0 unspecified atom stereocenters. The highest BCUT2D eigenvalue weighted by molar-refractivity contribution is 5.95. The van der Waals surface area contributed by atoms with Crippen LogP contribution in [0.1, 0.15) is 15.9 Å². The number of amides is 1. The third kappa shape index (κ3) is 3.46. The number of hydrogen-bond donors (Lipinski definition) is 1. The number of aromatic nitrogens is 3. The second-order valence-electron chi connectivity index (χ2n) is 7.73. The molecule has 0 spiro atoms. The van der Waals surface area contributed by atoms with Gasteiger partial charge in [0.2, 0.25) is 0 Å². The van der Waals surface area contributed by atoms with E-state index in [0.717, 1.165) is 22.2 Å². The van der Waals surface area contributed by atoms with Crippen molar-refractivity contribution in [2.45, 2.75) is 12.5 Å². The molecule has 0 saturated carbocycles. The average Bonchev–Trinajstić information content (AvgIpc) is 3.44. The quantitative estimate of drug-likeness (QED) is 0.573. The molecular formula is C24H22N4O2. The van der Waals surface area contributed by atoms with Gasteiger partial charge >= 0.3 is 0 Å². The van der Waals surface area contributed by atoms with E-state index in [9.17, 15) is 9.90 Å². The maximum absolute atomic E-state index is 13.1. The number of rotatable bonds is 4. The fourth-order valence-electron chi connectivity index (χ4n) is 4.22. The van der Waals surface area contributed by atoms with Gasteiger partial charge < -0.3 is 10.0 Å². The van der Waals surface area contributed by atoms with Crippen LogP contribution in [-0.2, 0) is 6.42 Å². The molecule has 1 N–H and O–H groups in total. The average molecular weight is 398 g/mol. The predicted octanol–water partition coefficient (Wildman–Crippen LogP) is 3.10.